The Morgan fingerprint density at radius 3 is 2.86 bits per heavy atom. The molecule has 0 radical (unpaired) electrons. The number of ether oxygens (including phenoxy) is 1. The number of halogens is 2. The monoisotopic (exact) mass is 372 g/mol. The van der Waals surface area contributed by atoms with Crippen LogP contribution in [-0.2, 0) is 9.53 Å². The van der Waals surface area contributed by atoms with E-state index in [4.69, 9.17) is 16.3 Å². The zero-order chi connectivity index (χ0) is 15.4. The Labute approximate surface area is 135 Å². The van der Waals surface area contributed by atoms with Crippen molar-refractivity contribution in [1.82, 2.24) is 10.6 Å². The van der Waals surface area contributed by atoms with Crippen molar-refractivity contribution in [2.45, 2.75) is 13.0 Å². The molecule has 1 heterocycles. The molecule has 2 rings (SSSR count). The Bertz CT molecular complexity index is 604. The van der Waals surface area contributed by atoms with E-state index < -0.39 is 18.0 Å². The number of allylic oxidation sites excluding steroid dienone is 1. The fourth-order valence-corrected chi connectivity index (χ4v) is 2.74. The van der Waals surface area contributed by atoms with E-state index in [2.05, 4.69) is 26.6 Å². The summed E-state index contributed by atoms with van der Waals surface area (Å²) in [7, 11) is 0. The van der Waals surface area contributed by atoms with Gasteiger partial charge in [0.2, 0.25) is 0 Å². The van der Waals surface area contributed by atoms with E-state index in [1.54, 1.807) is 6.92 Å². The fourth-order valence-electron chi connectivity index (χ4n) is 2.11. The average Bonchev–Trinajstić information content (AvgIpc) is 2.46. The van der Waals surface area contributed by atoms with E-state index in [1.807, 2.05) is 24.3 Å². The van der Waals surface area contributed by atoms with E-state index in [0.717, 1.165) is 10.0 Å². The Kier molecular flexibility index (Phi) is 5.25. The maximum Gasteiger partial charge on any atom is 0.338 e. The van der Waals surface area contributed by atoms with Gasteiger partial charge in [-0.05, 0) is 24.6 Å². The lowest BCUT2D eigenvalue weighted by Gasteiger charge is -2.28. The predicted molar refractivity (Wildman–Crippen MR) is 82.9 cm³/mol. The van der Waals surface area contributed by atoms with Crippen LogP contribution in [0.5, 0.6) is 0 Å². The van der Waals surface area contributed by atoms with E-state index in [0.29, 0.717) is 11.3 Å². The molecule has 1 aliphatic heterocycles. The summed E-state index contributed by atoms with van der Waals surface area (Å²) in [5, 5.41) is 5.28. The third-order valence-electron chi connectivity index (χ3n) is 2.96. The van der Waals surface area contributed by atoms with Crippen molar-refractivity contribution in [1.29, 1.82) is 0 Å². The largest absolute Gasteiger partial charge is 0.463 e. The minimum absolute atomic E-state index is 0.0199. The molecule has 0 aliphatic carbocycles. The molecule has 1 aromatic carbocycles. The van der Waals surface area contributed by atoms with Gasteiger partial charge >= 0.3 is 12.0 Å². The van der Waals surface area contributed by atoms with Gasteiger partial charge in [-0.25, -0.2) is 9.59 Å². The number of urea groups is 1. The lowest BCUT2D eigenvalue weighted by atomic mass is 9.95. The molecule has 5 nitrogen and oxygen atoms in total. The highest BCUT2D eigenvalue weighted by atomic mass is 79.9. The smallest absolute Gasteiger partial charge is 0.338 e. The van der Waals surface area contributed by atoms with Gasteiger partial charge in [0.15, 0.2) is 0 Å². The topological polar surface area (TPSA) is 67.4 Å². The van der Waals surface area contributed by atoms with Crippen molar-refractivity contribution in [2.75, 3.05) is 12.5 Å². The zero-order valence-electron chi connectivity index (χ0n) is 11.3. The predicted octanol–water partition coefficient (Wildman–Crippen LogP) is 2.86. The number of hydrogen-bond donors (Lipinski definition) is 2. The van der Waals surface area contributed by atoms with Gasteiger partial charge in [0.1, 0.15) is 0 Å². The molecular weight excluding hydrogens is 360 g/mol. The van der Waals surface area contributed by atoms with Crippen LogP contribution in [0.1, 0.15) is 18.5 Å². The highest BCUT2D eigenvalue weighted by molar-refractivity contribution is 9.10. The van der Waals surface area contributed by atoms with Gasteiger partial charge in [0.05, 0.1) is 24.1 Å². The first-order valence-corrected chi connectivity index (χ1v) is 7.68. The molecule has 1 aliphatic rings. The summed E-state index contributed by atoms with van der Waals surface area (Å²) in [6.45, 7) is 1.97. The number of benzene rings is 1. The summed E-state index contributed by atoms with van der Waals surface area (Å²) < 4.78 is 5.92. The van der Waals surface area contributed by atoms with Crippen LogP contribution in [0.3, 0.4) is 0 Å². The Morgan fingerprint density at radius 2 is 2.24 bits per heavy atom. The second-order valence-electron chi connectivity index (χ2n) is 4.33. The summed E-state index contributed by atoms with van der Waals surface area (Å²) >= 11 is 9.23. The minimum atomic E-state index is -0.593. The molecule has 2 N–H and O–H groups in total. The second kappa shape index (κ2) is 6.95. The van der Waals surface area contributed by atoms with E-state index in [1.165, 1.54) is 0 Å². The summed E-state index contributed by atoms with van der Waals surface area (Å²) in [6, 6.07) is 6.36. The molecule has 0 saturated carbocycles. The number of carbonyl (C=O) groups is 2. The minimum Gasteiger partial charge on any atom is -0.463 e. The zero-order valence-corrected chi connectivity index (χ0v) is 13.6. The number of nitrogens with one attached hydrogen (secondary N) is 2. The number of hydrogen-bond acceptors (Lipinski definition) is 3. The van der Waals surface area contributed by atoms with Crippen LogP contribution in [0.15, 0.2) is 40.0 Å². The molecule has 1 atom stereocenters. The lowest BCUT2D eigenvalue weighted by molar-refractivity contribution is -0.139. The number of esters is 1. The van der Waals surface area contributed by atoms with E-state index in [9.17, 15) is 9.59 Å². The third kappa shape index (κ3) is 3.57. The van der Waals surface area contributed by atoms with Gasteiger partial charge in [-0.2, -0.15) is 0 Å². The van der Waals surface area contributed by atoms with Crippen LogP contribution in [0, 0.1) is 0 Å². The first kappa shape index (κ1) is 15.9. The summed E-state index contributed by atoms with van der Waals surface area (Å²) in [6.07, 6.45) is 0. The van der Waals surface area contributed by atoms with Crippen molar-refractivity contribution in [2.24, 2.45) is 0 Å². The van der Waals surface area contributed by atoms with Crippen molar-refractivity contribution in [3.05, 3.63) is 45.6 Å². The molecule has 0 aromatic heterocycles. The number of rotatable bonds is 4. The van der Waals surface area contributed by atoms with Gasteiger partial charge in [-0.3, -0.25) is 0 Å². The summed E-state index contributed by atoms with van der Waals surface area (Å²) in [5.41, 5.74) is 1.46. The third-order valence-corrected chi connectivity index (χ3v) is 3.73. The standard InChI is InChI=1S/C14H14BrClN2O3/c1-2-21-13(19)11-10(7-16)17-14(20)18-12(11)8-4-3-5-9(15)6-8/h3-6,12H,2,7H2,1H3,(H2,17,18,20)/t12-/m1/s1. The van der Waals surface area contributed by atoms with Crippen LogP contribution in [0.2, 0.25) is 0 Å². The van der Waals surface area contributed by atoms with Crippen LogP contribution < -0.4 is 10.6 Å². The number of alkyl halides is 1. The lowest BCUT2D eigenvalue weighted by Crippen LogP contribution is -2.46. The molecule has 0 saturated heterocycles. The average molecular weight is 374 g/mol. The molecule has 1 aromatic rings. The highest BCUT2D eigenvalue weighted by Gasteiger charge is 2.33. The van der Waals surface area contributed by atoms with Crippen LogP contribution >= 0.6 is 27.5 Å². The fraction of sp³-hybridized carbons (Fsp3) is 0.286. The van der Waals surface area contributed by atoms with E-state index >= 15 is 0 Å². The molecule has 0 bridgehead atoms. The summed E-state index contributed by atoms with van der Waals surface area (Å²) in [4.78, 5) is 23.9. The Morgan fingerprint density at radius 1 is 1.48 bits per heavy atom. The SMILES string of the molecule is CCOC(=O)C1=C(CCl)NC(=O)N[C@@H]1c1cccc(Br)c1. The molecule has 21 heavy (non-hydrogen) atoms. The first-order chi connectivity index (χ1) is 10.1. The van der Waals surface area contributed by atoms with E-state index in [-0.39, 0.29) is 12.5 Å². The molecule has 0 spiro atoms. The summed E-state index contributed by atoms with van der Waals surface area (Å²) in [5.74, 6) is -0.475. The van der Waals surface area contributed by atoms with Gasteiger partial charge in [0.25, 0.3) is 0 Å². The quantitative estimate of drug-likeness (QED) is 0.630. The van der Waals surface area contributed by atoms with Crippen molar-refractivity contribution >= 4 is 39.5 Å². The first-order valence-electron chi connectivity index (χ1n) is 6.36. The molecule has 2 amide bonds. The number of amides is 2. The maximum absolute atomic E-state index is 12.2. The van der Waals surface area contributed by atoms with Gasteiger partial charge in [-0.15, -0.1) is 11.6 Å². The van der Waals surface area contributed by atoms with Gasteiger partial charge < -0.3 is 15.4 Å². The second-order valence-corrected chi connectivity index (χ2v) is 5.52. The highest BCUT2D eigenvalue weighted by Crippen LogP contribution is 2.29. The Balaban J connectivity index is 2.49. The van der Waals surface area contributed by atoms with Crippen molar-refractivity contribution in [3.63, 3.8) is 0 Å². The molecule has 0 fully saturated rings. The molecule has 7 heteroatoms. The Hall–Kier alpha value is -1.53. The van der Waals surface area contributed by atoms with Crippen molar-refractivity contribution < 1.29 is 14.3 Å². The molecular formula is C14H14BrClN2O3. The normalized spacial score (nSPS) is 18.0. The maximum atomic E-state index is 12.2. The molecule has 0 unspecified atom stereocenters. The van der Waals surface area contributed by atoms with Crippen molar-refractivity contribution in [3.8, 4) is 0 Å². The molecule has 112 valence electrons. The van der Waals surface area contributed by atoms with Crippen LogP contribution in [0.25, 0.3) is 0 Å². The number of carbonyl (C=O) groups excluding carboxylic acids is 2. The van der Waals surface area contributed by atoms with Gasteiger partial charge in [0, 0.05) is 10.2 Å². The van der Waals surface area contributed by atoms with Crippen LogP contribution in [0.4, 0.5) is 4.79 Å². The van der Waals surface area contributed by atoms with Gasteiger partial charge in [-0.1, -0.05) is 28.1 Å². The van der Waals surface area contributed by atoms with Crippen LogP contribution in [-0.4, -0.2) is 24.5 Å².